The van der Waals surface area contributed by atoms with Crippen molar-refractivity contribution in [3.05, 3.63) is 22.7 Å². The minimum Gasteiger partial charge on any atom is -0.265 e. The Labute approximate surface area is 90.4 Å². The molecule has 0 radical (unpaired) electrons. The lowest BCUT2D eigenvalue weighted by atomic mass is 10.0. The highest BCUT2D eigenvalue weighted by Gasteiger charge is 2.20. The first-order valence-corrected chi connectivity index (χ1v) is 4.89. The first-order valence-electron chi connectivity index (χ1n) is 4.89. The van der Waals surface area contributed by atoms with Crippen molar-refractivity contribution in [1.82, 2.24) is 5.01 Å². The van der Waals surface area contributed by atoms with E-state index in [9.17, 15) is 0 Å². The summed E-state index contributed by atoms with van der Waals surface area (Å²) in [5.41, 5.74) is 2.58. The van der Waals surface area contributed by atoms with Crippen LogP contribution in [-0.4, -0.2) is 11.2 Å². The smallest absolute Gasteiger partial charge is 0.160 e. The Morgan fingerprint density at radius 2 is 2.20 bits per heavy atom. The van der Waals surface area contributed by atoms with E-state index >= 15 is 0 Å². The van der Waals surface area contributed by atoms with Gasteiger partial charge in [0.1, 0.15) is 0 Å². The van der Waals surface area contributed by atoms with Crippen LogP contribution in [0.4, 0.5) is 0 Å². The molecule has 0 saturated carbocycles. The number of nitriles is 1. The number of allylic oxidation sites excluding steroid dienone is 3. The molecule has 0 bridgehead atoms. The molecule has 1 aliphatic heterocycles. The lowest BCUT2D eigenvalue weighted by molar-refractivity contribution is 0.385. The largest absolute Gasteiger partial charge is 0.265 e. The van der Waals surface area contributed by atoms with Crippen molar-refractivity contribution in [2.24, 2.45) is 16.8 Å². The third-order valence-corrected chi connectivity index (χ3v) is 2.32. The summed E-state index contributed by atoms with van der Waals surface area (Å²) in [4.78, 5) is 4.17. The average Bonchev–Trinajstić information content (AvgIpc) is 2.16. The topological polar surface area (TPSA) is 65.4 Å². The summed E-state index contributed by atoms with van der Waals surface area (Å²) in [5, 5.41) is 10.3. The Hall–Kier alpha value is -1.60. The van der Waals surface area contributed by atoms with E-state index in [-0.39, 0.29) is 0 Å². The first kappa shape index (κ1) is 11.5. The van der Waals surface area contributed by atoms with Gasteiger partial charge in [0.05, 0.1) is 11.6 Å². The summed E-state index contributed by atoms with van der Waals surface area (Å²) in [7, 11) is 0. The van der Waals surface area contributed by atoms with Crippen molar-refractivity contribution in [2.75, 3.05) is 0 Å². The van der Waals surface area contributed by atoms with E-state index in [0.717, 1.165) is 11.3 Å². The Morgan fingerprint density at radius 3 is 2.67 bits per heavy atom. The van der Waals surface area contributed by atoms with Gasteiger partial charge in [-0.05, 0) is 25.3 Å². The molecule has 2 N–H and O–H groups in total. The van der Waals surface area contributed by atoms with Gasteiger partial charge in [-0.2, -0.15) is 5.26 Å². The molecule has 4 nitrogen and oxygen atoms in total. The fourth-order valence-electron chi connectivity index (χ4n) is 1.65. The minimum atomic E-state index is 0.309. The van der Waals surface area contributed by atoms with Gasteiger partial charge in [-0.1, -0.05) is 13.8 Å². The lowest BCUT2D eigenvalue weighted by Crippen LogP contribution is -2.35. The molecule has 4 heteroatoms. The second-order valence-electron chi connectivity index (χ2n) is 3.91. The summed E-state index contributed by atoms with van der Waals surface area (Å²) in [6.45, 7) is 7.82. The van der Waals surface area contributed by atoms with Gasteiger partial charge in [-0.3, -0.25) is 5.01 Å². The molecule has 0 unspecified atom stereocenters. The Morgan fingerprint density at radius 1 is 1.60 bits per heavy atom. The van der Waals surface area contributed by atoms with Crippen LogP contribution in [0.5, 0.6) is 0 Å². The molecule has 0 aromatic heterocycles. The zero-order valence-electron chi connectivity index (χ0n) is 9.57. The molecule has 1 heterocycles. The van der Waals surface area contributed by atoms with E-state index in [0.29, 0.717) is 17.3 Å². The van der Waals surface area contributed by atoms with Crippen LogP contribution in [0.25, 0.3) is 0 Å². The molecule has 0 aromatic carbocycles. The summed E-state index contributed by atoms with van der Waals surface area (Å²) in [6.07, 6.45) is 1.76. The van der Waals surface area contributed by atoms with Crippen molar-refractivity contribution in [2.45, 2.75) is 27.7 Å². The monoisotopic (exact) mass is 204 g/mol. The third kappa shape index (κ3) is 2.08. The van der Waals surface area contributed by atoms with Crippen LogP contribution in [0.15, 0.2) is 27.7 Å². The van der Waals surface area contributed by atoms with Crippen molar-refractivity contribution in [3.8, 4) is 6.07 Å². The highest BCUT2D eigenvalue weighted by atomic mass is 15.5. The zero-order chi connectivity index (χ0) is 11.6. The maximum absolute atomic E-state index is 8.82. The van der Waals surface area contributed by atoms with Gasteiger partial charge in [0.25, 0.3) is 0 Å². The number of nitrogens with two attached hydrogens (primary N) is 1. The van der Waals surface area contributed by atoms with E-state index < -0.39 is 0 Å². The van der Waals surface area contributed by atoms with Crippen LogP contribution in [0.2, 0.25) is 0 Å². The van der Waals surface area contributed by atoms with Crippen molar-refractivity contribution in [1.29, 1.82) is 5.26 Å². The molecule has 0 atom stereocenters. The quantitative estimate of drug-likeness (QED) is 0.524. The fraction of sp³-hybridized carbons (Fsp3) is 0.455. The van der Waals surface area contributed by atoms with Crippen molar-refractivity contribution < 1.29 is 0 Å². The van der Waals surface area contributed by atoms with E-state index in [1.807, 2.05) is 6.92 Å². The van der Waals surface area contributed by atoms with Crippen LogP contribution in [0, 0.1) is 17.2 Å². The minimum absolute atomic E-state index is 0.309. The molecule has 15 heavy (non-hydrogen) atoms. The van der Waals surface area contributed by atoms with Gasteiger partial charge < -0.3 is 0 Å². The van der Waals surface area contributed by atoms with Gasteiger partial charge in [-0.25, -0.2) is 10.8 Å². The highest BCUT2D eigenvalue weighted by Crippen LogP contribution is 2.25. The van der Waals surface area contributed by atoms with Crippen LogP contribution < -0.4 is 5.84 Å². The van der Waals surface area contributed by atoms with Gasteiger partial charge in [-0.15, -0.1) is 0 Å². The predicted molar refractivity (Wildman–Crippen MR) is 60.4 cm³/mol. The molecule has 0 aromatic rings. The Bertz CT molecular complexity index is 393. The maximum Gasteiger partial charge on any atom is 0.160 e. The maximum atomic E-state index is 8.82. The molecule has 0 aliphatic carbocycles. The van der Waals surface area contributed by atoms with E-state index in [2.05, 4.69) is 24.9 Å². The number of hydrazine groups is 1. The van der Waals surface area contributed by atoms with E-state index in [1.165, 1.54) is 5.01 Å². The van der Waals surface area contributed by atoms with E-state index in [1.54, 1.807) is 13.1 Å². The van der Waals surface area contributed by atoms with Gasteiger partial charge in [0, 0.05) is 11.9 Å². The molecule has 0 saturated heterocycles. The molecule has 1 rings (SSSR count). The number of aliphatic imine (C=N–C) groups is 1. The highest BCUT2D eigenvalue weighted by molar-refractivity contribution is 5.81. The Balaban J connectivity index is 3.22. The molecular formula is C11H16N4. The van der Waals surface area contributed by atoms with Gasteiger partial charge >= 0.3 is 0 Å². The number of hydrogen-bond donors (Lipinski definition) is 1. The van der Waals surface area contributed by atoms with E-state index in [4.69, 9.17) is 11.1 Å². The van der Waals surface area contributed by atoms with Gasteiger partial charge in [0.15, 0.2) is 5.82 Å². The molecule has 80 valence electrons. The molecule has 1 aliphatic rings. The third-order valence-electron chi connectivity index (χ3n) is 2.32. The number of nitrogens with zero attached hydrogens (tertiary/aromatic N) is 3. The summed E-state index contributed by atoms with van der Waals surface area (Å²) in [5.74, 6) is 6.79. The standard InChI is InChI=1S/C11H16N4/c1-7(2)10-9(4)6-14-11(15(10)13)8(3)5-12/h6-7H,13H2,1-4H3/b11-8+. The molecule has 0 fully saturated rings. The first-order chi connectivity index (χ1) is 6.99. The fourth-order valence-corrected chi connectivity index (χ4v) is 1.65. The van der Waals surface area contributed by atoms with Crippen LogP contribution in [-0.2, 0) is 0 Å². The molecule has 0 spiro atoms. The second-order valence-corrected chi connectivity index (χ2v) is 3.91. The number of hydrogen-bond acceptors (Lipinski definition) is 4. The second kappa shape index (κ2) is 4.28. The summed E-state index contributed by atoms with van der Waals surface area (Å²) in [6, 6.07) is 2.06. The molecular weight excluding hydrogens is 188 g/mol. The van der Waals surface area contributed by atoms with Crippen molar-refractivity contribution >= 4 is 6.21 Å². The summed E-state index contributed by atoms with van der Waals surface area (Å²) >= 11 is 0. The predicted octanol–water partition coefficient (Wildman–Crippen LogP) is 1.93. The average molecular weight is 204 g/mol. The van der Waals surface area contributed by atoms with Crippen LogP contribution in [0.3, 0.4) is 0 Å². The number of rotatable bonds is 1. The van der Waals surface area contributed by atoms with Gasteiger partial charge in [0.2, 0.25) is 0 Å². The Kier molecular flexibility index (Phi) is 3.28. The lowest BCUT2D eigenvalue weighted by Gasteiger charge is -2.29. The van der Waals surface area contributed by atoms with Crippen LogP contribution in [0.1, 0.15) is 27.7 Å². The van der Waals surface area contributed by atoms with Crippen molar-refractivity contribution in [3.63, 3.8) is 0 Å². The SMILES string of the molecule is CC1=C(C(C)C)N(N)/C(=C(\C)C#N)N=C1. The summed E-state index contributed by atoms with van der Waals surface area (Å²) < 4.78 is 0. The van der Waals surface area contributed by atoms with Crippen LogP contribution >= 0.6 is 0 Å². The normalized spacial score (nSPS) is 19.7. The molecule has 0 amide bonds. The zero-order valence-corrected chi connectivity index (χ0v) is 9.57.